The number of hydrogen-bond donors (Lipinski definition) is 0. The lowest BCUT2D eigenvalue weighted by Crippen LogP contribution is -2.32. The second-order valence-corrected chi connectivity index (χ2v) is 8.32. The molecule has 154 valence electrons. The number of para-hydroxylation sites is 3. The number of benzene rings is 2. The lowest BCUT2D eigenvalue weighted by atomic mass is 10.1. The predicted octanol–water partition coefficient (Wildman–Crippen LogP) is 3.49. The quantitative estimate of drug-likeness (QED) is 0.671. The molecule has 2 saturated heterocycles. The van der Waals surface area contributed by atoms with Crippen LogP contribution in [0.5, 0.6) is 0 Å². The van der Waals surface area contributed by atoms with Crippen LogP contribution in [0.15, 0.2) is 48.5 Å². The number of amides is 2. The van der Waals surface area contributed by atoms with Crippen LogP contribution in [0, 0.1) is 6.92 Å². The first-order valence-corrected chi connectivity index (χ1v) is 10.7. The summed E-state index contributed by atoms with van der Waals surface area (Å²) in [7, 11) is 0. The van der Waals surface area contributed by atoms with E-state index < -0.39 is 0 Å². The van der Waals surface area contributed by atoms with E-state index in [-0.39, 0.29) is 24.3 Å². The largest absolute Gasteiger partial charge is 0.341 e. The van der Waals surface area contributed by atoms with Gasteiger partial charge in [-0.15, -0.1) is 0 Å². The van der Waals surface area contributed by atoms with E-state index in [2.05, 4.69) is 0 Å². The molecule has 3 aromatic rings. The van der Waals surface area contributed by atoms with Gasteiger partial charge in [-0.1, -0.05) is 30.3 Å². The van der Waals surface area contributed by atoms with E-state index in [9.17, 15) is 9.59 Å². The Kier molecular flexibility index (Phi) is 4.77. The van der Waals surface area contributed by atoms with Gasteiger partial charge in [0.05, 0.1) is 11.0 Å². The highest BCUT2D eigenvalue weighted by atomic mass is 16.2. The molecule has 0 N–H and O–H groups in total. The van der Waals surface area contributed by atoms with Crippen molar-refractivity contribution in [1.29, 1.82) is 0 Å². The lowest BCUT2D eigenvalue weighted by Gasteiger charge is -2.20. The zero-order chi connectivity index (χ0) is 20.7. The van der Waals surface area contributed by atoms with Gasteiger partial charge in [0.15, 0.2) is 0 Å². The molecule has 0 spiro atoms. The topological polar surface area (TPSA) is 58.4 Å². The molecule has 0 saturated carbocycles. The molecule has 1 aromatic heterocycles. The van der Waals surface area contributed by atoms with Gasteiger partial charge in [-0.05, 0) is 43.5 Å². The monoisotopic (exact) mass is 402 g/mol. The van der Waals surface area contributed by atoms with E-state index in [4.69, 9.17) is 4.98 Å². The van der Waals surface area contributed by atoms with Gasteiger partial charge in [-0.25, -0.2) is 4.98 Å². The molecule has 2 aliphatic heterocycles. The molecule has 1 atom stereocenters. The molecule has 2 amide bonds. The van der Waals surface area contributed by atoms with Crippen LogP contribution in [-0.2, 0) is 16.1 Å². The molecule has 2 aromatic carbocycles. The molecule has 0 bridgehead atoms. The zero-order valence-corrected chi connectivity index (χ0v) is 17.3. The van der Waals surface area contributed by atoms with Crippen LogP contribution in [0.4, 0.5) is 5.69 Å². The van der Waals surface area contributed by atoms with Gasteiger partial charge in [0.1, 0.15) is 12.4 Å². The summed E-state index contributed by atoms with van der Waals surface area (Å²) in [6.07, 6.45) is 2.56. The SMILES string of the molecule is Cc1ccccc1N1C[C@H](c2nc3ccccc3n2CC(=O)N2CCCC2)CC1=O. The molecule has 6 heteroatoms. The van der Waals surface area contributed by atoms with Crippen LogP contribution in [0.1, 0.15) is 36.6 Å². The van der Waals surface area contributed by atoms with Crippen LogP contribution in [0.3, 0.4) is 0 Å². The van der Waals surface area contributed by atoms with Crippen molar-refractivity contribution in [2.45, 2.75) is 38.6 Å². The molecule has 5 rings (SSSR count). The summed E-state index contributed by atoms with van der Waals surface area (Å²) in [5.41, 5.74) is 3.88. The molecule has 30 heavy (non-hydrogen) atoms. The van der Waals surface area contributed by atoms with Crippen molar-refractivity contribution < 1.29 is 9.59 Å². The second-order valence-electron chi connectivity index (χ2n) is 8.32. The minimum absolute atomic E-state index is 0.0316. The maximum atomic E-state index is 12.9. The Bertz CT molecular complexity index is 1110. The predicted molar refractivity (Wildman–Crippen MR) is 116 cm³/mol. The summed E-state index contributed by atoms with van der Waals surface area (Å²) < 4.78 is 2.04. The van der Waals surface area contributed by atoms with E-state index in [1.54, 1.807) is 0 Å². The summed E-state index contributed by atoms with van der Waals surface area (Å²) in [6.45, 7) is 4.57. The van der Waals surface area contributed by atoms with Gasteiger partial charge >= 0.3 is 0 Å². The number of hydrogen-bond acceptors (Lipinski definition) is 3. The van der Waals surface area contributed by atoms with Gasteiger partial charge in [0.25, 0.3) is 0 Å². The van der Waals surface area contributed by atoms with E-state index in [0.29, 0.717) is 13.0 Å². The zero-order valence-electron chi connectivity index (χ0n) is 17.3. The van der Waals surface area contributed by atoms with Crippen molar-refractivity contribution in [2.75, 3.05) is 24.5 Å². The van der Waals surface area contributed by atoms with Crippen molar-refractivity contribution in [1.82, 2.24) is 14.5 Å². The van der Waals surface area contributed by atoms with Crippen molar-refractivity contribution in [3.8, 4) is 0 Å². The smallest absolute Gasteiger partial charge is 0.242 e. The van der Waals surface area contributed by atoms with E-state index >= 15 is 0 Å². The van der Waals surface area contributed by atoms with Crippen LogP contribution in [0.25, 0.3) is 11.0 Å². The number of rotatable bonds is 4. The highest BCUT2D eigenvalue weighted by Gasteiger charge is 2.35. The molecule has 0 unspecified atom stereocenters. The Balaban J connectivity index is 1.49. The lowest BCUT2D eigenvalue weighted by molar-refractivity contribution is -0.130. The van der Waals surface area contributed by atoms with E-state index in [1.165, 1.54) is 0 Å². The van der Waals surface area contributed by atoms with Crippen molar-refractivity contribution in [3.63, 3.8) is 0 Å². The van der Waals surface area contributed by atoms with Crippen LogP contribution >= 0.6 is 0 Å². The number of aromatic nitrogens is 2. The minimum Gasteiger partial charge on any atom is -0.341 e. The van der Waals surface area contributed by atoms with Crippen molar-refractivity contribution in [2.24, 2.45) is 0 Å². The first-order valence-electron chi connectivity index (χ1n) is 10.7. The average Bonchev–Trinajstić information content (AvgIpc) is 3.48. The number of fused-ring (bicyclic) bond motifs is 1. The maximum Gasteiger partial charge on any atom is 0.242 e. The van der Waals surface area contributed by atoms with Crippen LogP contribution in [0.2, 0.25) is 0 Å². The molecule has 6 nitrogen and oxygen atoms in total. The first kappa shape index (κ1) is 18.9. The van der Waals surface area contributed by atoms with Gasteiger partial charge in [-0.3, -0.25) is 9.59 Å². The summed E-state index contributed by atoms with van der Waals surface area (Å²) in [5.74, 6) is 1.06. The Morgan fingerprint density at radius 1 is 1.07 bits per heavy atom. The maximum absolute atomic E-state index is 12.9. The van der Waals surface area contributed by atoms with Gasteiger partial charge in [0, 0.05) is 37.7 Å². The molecular weight excluding hydrogens is 376 g/mol. The van der Waals surface area contributed by atoms with Crippen molar-refractivity contribution in [3.05, 3.63) is 59.9 Å². The Morgan fingerprint density at radius 2 is 1.80 bits per heavy atom. The van der Waals surface area contributed by atoms with Gasteiger partial charge in [0.2, 0.25) is 11.8 Å². The van der Waals surface area contributed by atoms with Crippen LogP contribution in [-0.4, -0.2) is 45.9 Å². The number of anilines is 1. The van der Waals surface area contributed by atoms with Crippen LogP contribution < -0.4 is 4.90 Å². The fraction of sp³-hybridized carbons (Fsp3) is 0.375. The van der Waals surface area contributed by atoms with E-state index in [0.717, 1.165) is 54.0 Å². The number of likely N-dealkylation sites (tertiary alicyclic amines) is 1. The summed E-state index contributed by atoms with van der Waals surface area (Å²) in [5, 5.41) is 0. The highest BCUT2D eigenvalue weighted by Crippen LogP contribution is 2.34. The average molecular weight is 402 g/mol. The third-order valence-corrected chi connectivity index (χ3v) is 6.33. The number of carbonyl (C=O) groups is 2. The molecule has 0 radical (unpaired) electrons. The van der Waals surface area contributed by atoms with Gasteiger partial charge in [-0.2, -0.15) is 0 Å². The minimum atomic E-state index is -0.0316. The molecule has 2 fully saturated rings. The van der Waals surface area contributed by atoms with Crippen molar-refractivity contribution >= 4 is 28.5 Å². The normalized spacial score (nSPS) is 19.2. The Hall–Kier alpha value is -3.15. The molecule has 2 aliphatic rings. The molecule has 0 aliphatic carbocycles. The standard InChI is InChI=1S/C24H26N4O2/c1-17-8-2-4-10-20(17)27-15-18(14-22(27)29)24-25-19-9-3-5-11-21(19)28(24)16-23(30)26-12-6-7-13-26/h2-5,8-11,18H,6-7,12-16H2,1H3/t18-/m1/s1. The third-order valence-electron chi connectivity index (χ3n) is 6.33. The van der Waals surface area contributed by atoms with Gasteiger partial charge < -0.3 is 14.4 Å². The third kappa shape index (κ3) is 3.26. The van der Waals surface area contributed by atoms with E-state index in [1.807, 2.05) is 69.8 Å². The molecule has 3 heterocycles. The fourth-order valence-electron chi connectivity index (χ4n) is 4.75. The first-order chi connectivity index (χ1) is 14.6. The Labute approximate surface area is 176 Å². The number of aryl methyl sites for hydroxylation is 1. The Morgan fingerprint density at radius 3 is 2.60 bits per heavy atom. The number of nitrogens with zero attached hydrogens (tertiary/aromatic N) is 4. The molecular formula is C24H26N4O2. The highest BCUT2D eigenvalue weighted by molar-refractivity contribution is 5.97. The summed E-state index contributed by atoms with van der Waals surface area (Å²) >= 11 is 0. The number of carbonyl (C=O) groups excluding carboxylic acids is 2. The second kappa shape index (κ2) is 7.59. The fourth-order valence-corrected chi connectivity index (χ4v) is 4.75. The number of imidazole rings is 1. The summed E-state index contributed by atoms with van der Waals surface area (Å²) in [4.78, 5) is 34.5. The summed E-state index contributed by atoms with van der Waals surface area (Å²) in [6, 6.07) is 15.9.